The molecule has 2 heterocycles. The zero-order chi connectivity index (χ0) is 16.5. The third-order valence-corrected chi connectivity index (χ3v) is 4.79. The van der Waals surface area contributed by atoms with Gasteiger partial charge in [0.2, 0.25) is 0 Å². The van der Waals surface area contributed by atoms with Crippen molar-refractivity contribution in [2.45, 2.75) is 0 Å². The largest absolute Gasteiger partial charge is 0.368 e. The Labute approximate surface area is 145 Å². The Bertz CT molecular complexity index is 881. The first kappa shape index (κ1) is 15.1. The summed E-state index contributed by atoms with van der Waals surface area (Å²) < 4.78 is 0. The van der Waals surface area contributed by atoms with Crippen LogP contribution in [0, 0.1) is 0 Å². The van der Waals surface area contributed by atoms with Crippen LogP contribution in [0.25, 0.3) is 10.9 Å². The number of piperazine rings is 1. The summed E-state index contributed by atoms with van der Waals surface area (Å²) in [5.41, 5.74) is 2.86. The number of hydrogen-bond donors (Lipinski definition) is 1. The van der Waals surface area contributed by atoms with Gasteiger partial charge in [-0.25, -0.2) is 0 Å². The number of carbonyl (C=O) groups is 1. The van der Waals surface area contributed by atoms with E-state index >= 15 is 0 Å². The highest BCUT2D eigenvalue weighted by Gasteiger charge is 2.24. The van der Waals surface area contributed by atoms with Crippen molar-refractivity contribution in [2.24, 2.45) is 0 Å². The van der Waals surface area contributed by atoms with Crippen molar-refractivity contribution in [3.8, 4) is 0 Å². The summed E-state index contributed by atoms with van der Waals surface area (Å²) in [6.45, 7) is 3.05. The van der Waals surface area contributed by atoms with E-state index in [9.17, 15) is 4.79 Å². The monoisotopic (exact) mass is 339 g/mol. The minimum Gasteiger partial charge on any atom is -0.368 e. The van der Waals surface area contributed by atoms with Gasteiger partial charge in [-0.1, -0.05) is 35.9 Å². The van der Waals surface area contributed by atoms with E-state index < -0.39 is 0 Å². The summed E-state index contributed by atoms with van der Waals surface area (Å²) in [6.07, 6.45) is 1.82. The highest BCUT2D eigenvalue weighted by Crippen LogP contribution is 2.23. The van der Waals surface area contributed by atoms with Gasteiger partial charge in [0.1, 0.15) is 0 Å². The van der Waals surface area contributed by atoms with Crippen LogP contribution in [-0.2, 0) is 0 Å². The molecule has 4 nitrogen and oxygen atoms in total. The molecule has 122 valence electrons. The van der Waals surface area contributed by atoms with Gasteiger partial charge < -0.3 is 14.8 Å². The molecule has 3 aromatic rings. The van der Waals surface area contributed by atoms with Crippen LogP contribution in [0.3, 0.4) is 0 Å². The number of aromatic nitrogens is 1. The minimum atomic E-state index is 0.0956. The molecule has 0 saturated carbocycles. The summed E-state index contributed by atoms with van der Waals surface area (Å²) in [5, 5.41) is 1.73. The Balaban J connectivity index is 1.48. The Kier molecular flexibility index (Phi) is 3.90. The molecule has 0 aliphatic carbocycles. The molecule has 5 heteroatoms. The molecule has 1 fully saturated rings. The number of para-hydroxylation sites is 1. The van der Waals surface area contributed by atoms with E-state index in [4.69, 9.17) is 11.6 Å². The van der Waals surface area contributed by atoms with Gasteiger partial charge in [-0.05, 0) is 24.3 Å². The van der Waals surface area contributed by atoms with Crippen LogP contribution in [0.5, 0.6) is 0 Å². The van der Waals surface area contributed by atoms with Crippen LogP contribution in [-0.4, -0.2) is 42.0 Å². The zero-order valence-corrected chi connectivity index (χ0v) is 14.0. The van der Waals surface area contributed by atoms with Gasteiger partial charge in [0.15, 0.2) is 0 Å². The van der Waals surface area contributed by atoms with Gasteiger partial charge in [0.25, 0.3) is 5.91 Å². The second kappa shape index (κ2) is 6.21. The number of hydrogen-bond acceptors (Lipinski definition) is 2. The maximum Gasteiger partial charge on any atom is 0.256 e. The van der Waals surface area contributed by atoms with E-state index in [2.05, 4.69) is 16.0 Å². The summed E-state index contributed by atoms with van der Waals surface area (Å²) in [6, 6.07) is 15.8. The summed E-state index contributed by atoms with van der Waals surface area (Å²) >= 11 is 6.07. The predicted molar refractivity (Wildman–Crippen MR) is 97.9 cm³/mol. The fourth-order valence-electron chi connectivity index (χ4n) is 3.26. The number of amides is 1. The smallest absolute Gasteiger partial charge is 0.256 e. The number of benzene rings is 2. The quantitative estimate of drug-likeness (QED) is 0.771. The van der Waals surface area contributed by atoms with E-state index in [1.165, 1.54) is 0 Å². The molecule has 0 spiro atoms. The molecule has 1 aromatic heterocycles. The Morgan fingerprint density at radius 1 is 1.00 bits per heavy atom. The fraction of sp³-hybridized carbons (Fsp3) is 0.211. The summed E-state index contributed by atoms with van der Waals surface area (Å²) in [5.74, 6) is 0.0956. The van der Waals surface area contributed by atoms with E-state index in [0.29, 0.717) is 13.1 Å². The van der Waals surface area contributed by atoms with Crippen molar-refractivity contribution in [2.75, 3.05) is 31.1 Å². The van der Waals surface area contributed by atoms with Gasteiger partial charge in [-0.15, -0.1) is 0 Å². The molecular formula is C19H18ClN3O. The average molecular weight is 340 g/mol. The summed E-state index contributed by atoms with van der Waals surface area (Å²) in [4.78, 5) is 20.2. The molecule has 0 bridgehead atoms. The van der Waals surface area contributed by atoms with Crippen LogP contribution < -0.4 is 4.90 Å². The lowest BCUT2D eigenvalue weighted by molar-refractivity contribution is 0.0749. The predicted octanol–water partition coefficient (Wildman–Crippen LogP) is 3.78. The molecule has 0 atom stereocenters. The molecule has 0 radical (unpaired) electrons. The van der Waals surface area contributed by atoms with Crippen LogP contribution in [0.15, 0.2) is 54.7 Å². The van der Waals surface area contributed by atoms with Gasteiger partial charge in [0, 0.05) is 54.0 Å². The topological polar surface area (TPSA) is 39.3 Å². The maximum atomic E-state index is 12.8. The molecule has 0 unspecified atom stereocenters. The number of fused-ring (bicyclic) bond motifs is 1. The normalized spacial score (nSPS) is 15.0. The van der Waals surface area contributed by atoms with Crippen LogP contribution in [0.4, 0.5) is 5.69 Å². The Hall–Kier alpha value is -2.46. The maximum absolute atomic E-state index is 12.8. The Morgan fingerprint density at radius 3 is 2.58 bits per heavy atom. The number of rotatable bonds is 2. The number of anilines is 1. The van der Waals surface area contributed by atoms with Crippen molar-refractivity contribution < 1.29 is 4.79 Å². The van der Waals surface area contributed by atoms with E-state index in [1.54, 1.807) is 0 Å². The van der Waals surface area contributed by atoms with Crippen LogP contribution >= 0.6 is 11.6 Å². The third kappa shape index (κ3) is 2.74. The van der Waals surface area contributed by atoms with E-state index in [1.807, 2.05) is 53.6 Å². The number of aromatic amines is 1. The molecule has 1 saturated heterocycles. The molecule has 2 aromatic carbocycles. The number of H-pyrrole nitrogens is 1. The zero-order valence-electron chi connectivity index (χ0n) is 13.2. The van der Waals surface area contributed by atoms with Crippen molar-refractivity contribution >= 4 is 34.1 Å². The summed E-state index contributed by atoms with van der Waals surface area (Å²) in [7, 11) is 0. The standard InChI is InChI=1S/C19H18ClN3O/c20-14-4-3-5-15(12-14)22-8-10-23(11-9-22)19(24)17-13-21-18-7-2-1-6-16(17)18/h1-7,12-13,21H,8-11H2. The molecule has 1 aliphatic heterocycles. The molecule has 1 amide bonds. The lowest BCUT2D eigenvalue weighted by Gasteiger charge is -2.36. The first-order chi connectivity index (χ1) is 11.7. The van der Waals surface area contributed by atoms with Gasteiger partial charge in [-0.3, -0.25) is 4.79 Å². The van der Waals surface area contributed by atoms with Crippen LogP contribution in [0.1, 0.15) is 10.4 Å². The average Bonchev–Trinajstić information content (AvgIpc) is 3.05. The number of carbonyl (C=O) groups excluding carboxylic acids is 1. The van der Waals surface area contributed by atoms with Crippen molar-refractivity contribution in [3.63, 3.8) is 0 Å². The second-order valence-corrected chi connectivity index (χ2v) is 6.44. The highest BCUT2D eigenvalue weighted by molar-refractivity contribution is 6.30. The first-order valence-electron chi connectivity index (χ1n) is 8.08. The van der Waals surface area contributed by atoms with Crippen LogP contribution in [0.2, 0.25) is 5.02 Å². The molecular weight excluding hydrogens is 322 g/mol. The first-order valence-corrected chi connectivity index (χ1v) is 8.46. The number of halogens is 1. The van der Waals surface area contributed by atoms with Gasteiger partial charge >= 0.3 is 0 Å². The fourth-order valence-corrected chi connectivity index (χ4v) is 3.44. The van der Waals surface area contributed by atoms with Crippen molar-refractivity contribution in [1.29, 1.82) is 0 Å². The minimum absolute atomic E-state index is 0.0956. The Morgan fingerprint density at radius 2 is 1.79 bits per heavy atom. The highest BCUT2D eigenvalue weighted by atomic mass is 35.5. The lowest BCUT2D eigenvalue weighted by Crippen LogP contribution is -2.48. The van der Waals surface area contributed by atoms with Gasteiger partial charge in [0.05, 0.1) is 5.56 Å². The number of nitrogens with one attached hydrogen (secondary N) is 1. The molecule has 1 aliphatic rings. The SMILES string of the molecule is O=C(c1c[nH]c2ccccc12)N1CCN(c2cccc(Cl)c2)CC1. The molecule has 24 heavy (non-hydrogen) atoms. The lowest BCUT2D eigenvalue weighted by atomic mass is 10.1. The van der Waals surface area contributed by atoms with E-state index in [-0.39, 0.29) is 5.91 Å². The van der Waals surface area contributed by atoms with Gasteiger partial charge in [-0.2, -0.15) is 0 Å². The third-order valence-electron chi connectivity index (χ3n) is 4.56. The van der Waals surface area contributed by atoms with Crippen molar-refractivity contribution in [3.05, 3.63) is 65.3 Å². The second-order valence-electron chi connectivity index (χ2n) is 6.01. The number of nitrogens with zero attached hydrogens (tertiary/aromatic N) is 2. The molecule has 1 N–H and O–H groups in total. The van der Waals surface area contributed by atoms with Crippen molar-refractivity contribution in [1.82, 2.24) is 9.88 Å². The molecule has 4 rings (SSSR count). The van der Waals surface area contributed by atoms with E-state index in [0.717, 1.165) is 40.3 Å².